The predicted molar refractivity (Wildman–Crippen MR) is 99.1 cm³/mol. The summed E-state index contributed by atoms with van der Waals surface area (Å²) in [6.45, 7) is 6.15. The van der Waals surface area contributed by atoms with Crippen molar-refractivity contribution in [2.75, 3.05) is 19.6 Å². The average molecular weight is 340 g/mol. The Labute approximate surface area is 149 Å². The third-order valence-electron chi connectivity index (χ3n) is 5.79. The number of nitrogens with one attached hydrogen (secondary N) is 1. The predicted octanol–water partition coefficient (Wildman–Crippen LogP) is 3.18. The van der Waals surface area contributed by atoms with E-state index in [1.54, 1.807) is 0 Å². The second-order valence-corrected chi connectivity index (χ2v) is 7.53. The zero-order valence-electron chi connectivity index (χ0n) is 15.1. The van der Waals surface area contributed by atoms with Gasteiger partial charge in [0.15, 0.2) is 0 Å². The van der Waals surface area contributed by atoms with Crippen LogP contribution in [0.2, 0.25) is 0 Å². The van der Waals surface area contributed by atoms with Crippen LogP contribution >= 0.6 is 0 Å². The maximum absolute atomic E-state index is 12.3. The molecule has 1 N–H and O–H groups in total. The lowest BCUT2D eigenvalue weighted by Gasteiger charge is -2.47. The molecular weight excluding hydrogens is 312 g/mol. The SMILES string of the molecule is CCCCN1C(=O)CC[C@H]2CN(Cc3nc4ccccc4[nH]3)CC[C@H]21. The van der Waals surface area contributed by atoms with Crippen LogP contribution in [0.4, 0.5) is 0 Å². The molecule has 3 heterocycles. The molecule has 2 aromatic rings. The Morgan fingerprint density at radius 3 is 3.00 bits per heavy atom. The van der Waals surface area contributed by atoms with Crippen molar-refractivity contribution >= 4 is 16.9 Å². The van der Waals surface area contributed by atoms with Crippen LogP contribution in [-0.4, -0.2) is 51.4 Å². The molecule has 2 aliphatic heterocycles. The van der Waals surface area contributed by atoms with E-state index in [9.17, 15) is 4.79 Å². The van der Waals surface area contributed by atoms with E-state index in [0.717, 1.165) is 75.1 Å². The van der Waals surface area contributed by atoms with E-state index in [0.29, 0.717) is 17.9 Å². The summed E-state index contributed by atoms with van der Waals surface area (Å²) in [5.41, 5.74) is 2.16. The lowest BCUT2D eigenvalue weighted by molar-refractivity contribution is -0.141. The van der Waals surface area contributed by atoms with Crippen LogP contribution in [0.25, 0.3) is 11.0 Å². The number of rotatable bonds is 5. The Kier molecular flexibility index (Phi) is 4.75. The number of likely N-dealkylation sites (tertiary alicyclic amines) is 2. The summed E-state index contributed by atoms with van der Waals surface area (Å²) >= 11 is 0. The molecule has 1 aromatic carbocycles. The first-order valence-corrected chi connectivity index (χ1v) is 9.70. The van der Waals surface area contributed by atoms with Crippen LogP contribution in [0.1, 0.15) is 44.9 Å². The number of unbranched alkanes of at least 4 members (excludes halogenated alkanes) is 1. The number of H-pyrrole nitrogens is 1. The number of aromatic amines is 1. The highest BCUT2D eigenvalue weighted by atomic mass is 16.2. The molecule has 1 aromatic heterocycles. The van der Waals surface area contributed by atoms with Crippen LogP contribution < -0.4 is 0 Å². The largest absolute Gasteiger partial charge is 0.341 e. The summed E-state index contributed by atoms with van der Waals surface area (Å²) in [4.78, 5) is 25.2. The van der Waals surface area contributed by atoms with Gasteiger partial charge in [-0.15, -0.1) is 0 Å². The molecule has 0 bridgehead atoms. The topological polar surface area (TPSA) is 52.2 Å². The summed E-state index contributed by atoms with van der Waals surface area (Å²) in [7, 11) is 0. The molecule has 0 spiro atoms. The van der Waals surface area contributed by atoms with Crippen LogP contribution in [0.3, 0.4) is 0 Å². The number of hydrogen-bond acceptors (Lipinski definition) is 3. The Morgan fingerprint density at radius 1 is 1.28 bits per heavy atom. The van der Waals surface area contributed by atoms with Crippen molar-refractivity contribution in [2.24, 2.45) is 5.92 Å². The highest BCUT2D eigenvalue weighted by Gasteiger charge is 2.38. The third kappa shape index (κ3) is 3.43. The standard InChI is InChI=1S/C20H28N4O/c1-2-3-11-24-18-10-12-23(13-15(18)8-9-20(24)25)14-19-21-16-6-4-5-7-17(16)22-19/h4-7,15,18H,2-3,8-14H2,1H3,(H,21,22)/t15-,18+/m0/s1. The Bertz CT molecular complexity index is 707. The van der Waals surface area contributed by atoms with Gasteiger partial charge in [0.25, 0.3) is 0 Å². The smallest absolute Gasteiger partial charge is 0.222 e. The Balaban J connectivity index is 1.41. The van der Waals surface area contributed by atoms with Gasteiger partial charge in [0.2, 0.25) is 5.91 Å². The summed E-state index contributed by atoms with van der Waals surface area (Å²) in [5.74, 6) is 2.04. The third-order valence-corrected chi connectivity index (χ3v) is 5.79. The molecule has 2 atom stereocenters. The van der Waals surface area contributed by atoms with Crippen molar-refractivity contribution in [3.8, 4) is 0 Å². The van der Waals surface area contributed by atoms with Crippen LogP contribution in [0.5, 0.6) is 0 Å². The normalized spacial score (nSPS) is 24.7. The first-order chi connectivity index (χ1) is 12.2. The molecule has 1 amide bonds. The Morgan fingerprint density at radius 2 is 2.16 bits per heavy atom. The zero-order chi connectivity index (χ0) is 17.2. The van der Waals surface area contributed by atoms with Gasteiger partial charge >= 0.3 is 0 Å². The molecule has 2 saturated heterocycles. The lowest BCUT2D eigenvalue weighted by atomic mass is 9.83. The van der Waals surface area contributed by atoms with Crippen molar-refractivity contribution < 1.29 is 4.79 Å². The highest BCUT2D eigenvalue weighted by molar-refractivity contribution is 5.77. The van der Waals surface area contributed by atoms with Gasteiger partial charge < -0.3 is 9.88 Å². The number of nitrogens with zero attached hydrogens (tertiary/aromatic N) is 3. The minimum atomic E-state index is 0.375. The van der Waals surface area contributed by atoms with Crippen LogP contribution in [0, 0.1) is 5.92 Å². The Hall–Kier alpha value is -1.88. The van der Waals surface area contributed by atoms with Crippen molar-refractivity contribution in [1.82, 2.24) is 19.8 Å². The van der Waals surface area contributed by atoms with E-state index >= 15 is 0 Å². The van der Waals surface area contributed by atoms with E-state index < -0.39 is 0 Å². The molecule has 0 radical (unpaired) electrons. The lowest BCUT2D eigenvalue weighted by Crippen LogP contribution is -2.56. The molecule has 5 heteroatoms. The molecule has 2 aliphatic rings. The quantitative estimate of drug-likeness (QED) is 0.909. The number of carbonyl (C=O) groups excluding carboxylic acids is 1. The van der Waals surface area contributed by atoms with E-state index in [1.807, 2.05) is 12.1 Å². The number of imidazole rings is 1. The summed E-state index contributed by atoms with van der Waals surface area (Å²) in [6, 6.07) is 8.66. The number of hydrogen-bond donors (Lipinski definition) is 1. The fourth-order valence-electron chi connectivity index (χ4n) is 4.48. The number of aromatic nitrogens is 2. The van der Waals surface area contributed by atoms with Crippen LogP contribution in [0.15, 0.2) is 24.3 Å². The summed E-state index contributed by atoms with van der Waals surface area (Å²) < 4.78 is 0. The number of piperidine rings is 2. The van der Waals surface area contributed by atoms with Crippen molar-refractivity contribution in [2.45, 2.75) is 51.6 Å². The second-order valence-electron chi connectivity index (χ2n) is 7.53. The van der Waals surface area contributed by atoms with Gasteiger partial charge in [-0.25, -0.2) is 4.98 Å². The summed E-state index contributed by atoms with van der Waals surface area (Å²) in [6.07, 6.45) is 5.14. The number of benzene rings is 1. The van der Waals surface area contributed by atoms with Crippen molar-refractivity contribution in [1.29, 1.82) is 0 Å². The molecule has 0 saturated carbocycles. The second kappa shape index (κ2) is 7.16. The van der Waals surface area contributed by atoms with E-state index in [-0.39, 0.29) is 0 Å². The number of carbonyl (C=O) groups is 1. The van der Waals surface area contributed by atoms with Gasteiger partial charge in [-0.1, -0.05) is 25.5 Å². The first-order valence-electron chi connectivity index (χ1n) is 9.70. The van der Waals surface area contributed by atoms with E-state index in [1.165, 1.54) is 0 Å². The molecular formula is C20H28N4O. The fraction of sp³-hybridized carbons (Fsp3) is 0.600. The minimum absolute atomic E-state index is 0.375. The maximum atomic E-state index is 12.3. The summed E-state index contributed by atoms with van der Waals surface area (Å²) in [5, 5.41) is 0. The molecule has 4 rings (SSSR count). The molecule has 0 unspecified atom stereocenters. The maximum Gasteiger partial charge on any atom is 0.222 e. The van der Waals surface area contributed by atoms with Crippen molar-refractivity contribution in [3.05, 3.63) is 30.1 Å². The number of fused-ring (bicyclic) bond motifs is 2. The number of amides is 1. The van der Waals surface area contributed by atoms with E-state index in [2.05, 4.69) is 33.8 Å². The number of para-hydroxylation sites is 2. The minimum Gasteiger partial charge on any atom is -0.341 e. The zero-order valence-corrected chi connectivity index (χ0v) is 15.1. The van der Waals surface area contributed by atoms with Gasteiger partial charge in [-0.3, -0.25) is 9.69 Å². The fourth-order valence-corrected chi connectivity index (χ4v) is 4.48. The van der Waals surface area contributed by atoms with Gasteiger partial charge in [-0.05, 0) is 37.3 Å². The van der Waals surface area contributed by atoms with Crippen molar-refractivity contribution in [3.63, 3.8) is 0 Å². The average Bonchev–Trinajstić information content (AvgIpc) is 3.03. The van der Waals surface area contributed by atoms with Crippen LogP contribution in [-0.2, 0) is 11.3 Å². The molecule has 0 aliphatic carbocycles. The van der Waals surface area contributed by atoms with E-state index in [4.69, 9.17) is 4.98 Å². The molecule has 25 heavy (non-hydrogen) atoms. The van der Waals surface area contributed by atoms with Gasteiger partial charge in [0.05, 0.1) is 17.6 Å². The molecule has 134 valence electrons. The molecule has 2 fully saturated rings. The van der Waals surface area contributed by atoms with Gasteiger partial charge in [0, 0.05) is 32.1 Å². The monoisotopic (exact) mass is 340 g/mol. The highest BCUT2D eigenvalue weighted by Crippen LogP contribution is 2.32. The first kappa shape index (κ1) is 16.6. The van der Waals surface area contributed by atoms with Gasteiger partial charge in [-0.2, -0.15) is 0 Å². The molecule has 5 nitrogen and oxygen atoms in total. The van der Waals surface area contributed by atoms with Gasteiger partial charge in [0.1, 0.15) is 5.82 Å².